The number of urea groups is 1. The minimum atomic E-state index is -1.12. The zero-order valence-corrected chi connectivity index (χ0v) is 11.1. The maximum atomic E-state index is 12.0. The summed E-state index contributed by atoms with van der Waals surface area (Å²) in [4.78, 5) is 27.1. The van der Waals surface area contributed by atoms with Crippen molar-refractivity contribution in [2.75, 3.05) is 25.0 Å². The molecule has 0 radical (unpaired) electrons. The van der Waals surface area contributed by atoms with Crippen LogP contribution in [0.25, 0.3) is 0 Å². The first-order valence-electron chi connectivity index (χ1n) is 6.09. The molecule has 0 unspecified atom stereocenters. The molecule has 106 valence electrons. The van der Waals surface area contributed by atoms with Crippen molar-refractivity contribution in [2.45, 2.75) is 20.3 Å². The van der Waals surface area contributed by atoms with Gasteiger partial charge >= 0.3 is 12.0 Å². The minimum absolute atomic E-state index is 0.00736. The fraction of sp³-hybridized carbons (Fsp3) is 0.500. The Morgan fingerprint density at radius 3 is 2.68 bits per heavy atom. The normalized spacial score (nSPS) is 10.3. The first-order chi connectivity index (χ1) is 8.99. The Hall–Kier alpha value is -2.02. The summed E-state index contributed by atoms with van der Waals surface area (Å²) in [7, 11) is 0. The van der Waals surface area contributed by atoms with E-state index in [0.717, 1.165) is 0 Å². The fourth-order valence-corrected chi connectivity index (χ4v) is 1.72. The number of nitrogens with one attached hydrogen (secondary N) is 2. The molecule has 1 heterocycles. The molecular weight excluding hydrogens is 250 g/mol. The minimum Gasteiger partial charge on any atom is -0.477 e. The SMILES string of the molecule is CCN(CCCO)C(=O)Nc1cc(C)[nH]c1C(=O)O. The second-order valence-electron chi connectivity index (χ2n) is 4.13. The van der Waals surface area contributed by atoms with Gasteiger partial charge in [0.05, 0.1) is 5.69 Å². The monoisotopic (exact) mass is 269 g/mol. The number of anilines is 1. The van der Waals surface area contributed by atoms with E-state index in [-0.39, 0.29) is 24.0 Å². The molecule has 7 heteroatoms. The third kappa shape index (κ3) is 3.99. The van der Waals surface area contributed by atoms with Crippen LogP contribution < -0.4 is 5.32 Å². The molecule has 0 bridgehead atoms. The number of carboxylic acids is 1. The second kappa shape index (κ2) is 6.79. The highest BCUT2D eigenvalue weighted by molar-refractivity contribution is 5.99. The predicted molar refractivity (Wildman–Crippen MR) is 70.5 cm³/mol. The number of aromatic carboxylic acids is 1. The van der Waals surface area contributed by atoms with Crippen LogP contribution in [0.3, 0.4) is 0 Å². The summed E-state index contributed by atoms with van der Waals surface area (Å²) in [6.45, 7) is 4.44. The lowest BCUT2D eigenvalue weighted by atomic mass is 10.3. The van der Waals surface area contributed by atoms with Gasteiger partial charge in [-0.3, -0.25) is 0 Å². The molecule has 0 fully saturated rings. The Morgan fingerprint density at radius 2 is 2.16 bits per heavy atom. The predicted octanol–water partition coefficient (Wildman–Crippen LogP) is 1.26. The van der Waals surface area contributed by atoms with Crippen LogP contribution in [0, 0.1) is 6.92 Å². The van der Waals surface area contributed by atoms with Gasteiger partial charge < -0.3 is 25.4 Å². The van der Waals surface area contributed by atoms with E-state index in [4.69, 9.17) is 10.2 Å². The maximum Gasteiger partial charge on any atom is 0.354 e. The number of rotatable bonds is 6. The number of carbonyl (C=O) groups is 2. The third-order valence-corrected chi connectivity index (χ3v) is 2.66. The van der Waals surface area contributed by atoms with Crippen LogP contribution >= 0.6 is 0 Å². The molecule has 4 N–H and O–H groups in total. The molecule has 0 atom stereocenters. The van der Waals surface area contributed by atoms with E-state index in [0.29, 0.717) is 25.2 Å². The van der Waals surface area contributed by atoms with Crippen molar-refractivity contribution in [3.05, 3.63) is 17.5 Å². The van der Waals surface area contributed by atoms with Crippen LogP contribution in [0.2, 0.25) is 0 Å². The van der Waals surface area contributed by atoms with E-state index in [1.807, 2.05) is 6.92 Å². The van der Waals surface area contributed by atoms with E-state index < -0.39 is 5.97 Å². The summed E-state index contributed by atoms with van der Waals surface area (Å²) in [5, 5.41) is 20.3. The summed E-state index contributed by atoms with van der Waals surface area (Å²) in [6.07, 6.45) is 0.485. The molecule has 0 aliphatic rings. The lowest BCUT2D eigenvalue weighted by Crippen LogP contribution is -2.36. The summed E-state index contributed by atoms with van der Waals surface area (Å²) in [6, 6.07) is 1.19. The van der Waals surface area contributed by atoms with Gasteiger partial charge in [-0.15, -0.1) is 0 Å². The number of aromatic amines is 1. The van der Waals surface area contributed by atoms with E-state index in [9.17, 15) is 9.59 Å². The first-order valence-corrected chi connectivity index (χ1v) is 6.09. The van der Waals surface area contributed by atoms with Gasteiger partial charge in [0.1, 0.15) is 5.69 Å². The molecule has 0 aromatic carbocycles. The van der Waals surface area contributed by atoms with Crippen molar-refractivity contribution in [1.29, 1.82) is 0 Å². The van der Waals surface area contributed by atoms with Gasteiger partial charge in [-0.1, -0.05) is 0 Å². The Bertz CT molecular complexity index is 456. The Kier molecular flexibility index (Phi) is 5.37. The van der Waals surface area contributed by atoms with Gasteiger partial charge in [0.25, 0.3) is 0 Å². The molecule has 7 nitrogen and oxygen atoms in total. The van der Waals surface area contributed by atoms with Crippen molar-refractivity contribution in [3.8, 4) is 0 Å². The average molecular weight is 269 g/mol. The van der Waals surface area contributed by atoms with Gasteiger partial charge in [-0.2, -0.15) is 0 Å². The van der Waals surface area contributed by atoms with E-state index >= 15 is 0 Å². The van der Waals surface area contributed by atoms with Gasteiger partial charge in [-0.25, -0.2) is 9.59 Å². The number of aryl methyl sites for hydroxylation is 1. The lowest BCUT2D eigenvalue weighted by molar-refractivity contribution is 0.0692. The Morgan fingerprint density at radius 1 is 1.47 bits per heavy atom. The van der Waals surface area contributed by atoms with Crippen LogP contribution in [0.1, 0.15) is 29.5 Å². The second-order valence-corrected chi connectivity index (χ2v) is 4.13. The molecule has 0 saturated heterocycles. The zero-order valence-electron chi connectivity index (χ0n) is 11.1. The van der Waals surface area contributed by atoms with E-state index in [1.54, 1.807) is 13.0 Å². The highest BCUT2D eigenvalue weighted by atomic mass is 16.4. The van der Waals surface area contributed by atoms with Crippen molar-refractivity contribution in [3.63, 3.8) is 0 Å². The number of carbonyl (C=O) groups excluding carboxylic acids is 1. The third-order valence-electron chi connectivity index (χ3n) is 2.66. The van der Waals surface area contributed by atoms with Crippen LogP contribution in [-0.2, 0) is 0 Å². The zero-order chi connectivity index (χ0) is 14.4. The van der Waals surface area contributed by atoms with Crippen molar-refractivity contribution < 1.29 is 19.8 Å². The molecule has 0 aliphatic carbocycles. The van der Waals surface area contributed by atoms with E-state index in [1.165, 1.54) is 4.90 Å². The van der Waals surface area contributed by atoms with Gasteiger partial charge in [0.2, 0.25) is 0 Å². The van der Waals surface area contributed by atoms with Crippen LogP contribution in [0.5, 0.6) is 0 Å². The van der Waals surface area contributed by atoms with Gasteiger partial charge in [0.15, 0.2) is 0 Å². The molecular formula is C12H19N3O4. The van der Waals surface area contributed by atoms with Crippen LogP contribution in [0.15, 0.2) is 6.07 Å². The van der Waals surface area contributed by atoms with Gasteiger partial charge in [0, 0.05) is 25.4 Å². The highest BCUT2D eigenvalue weighted by Gasteiger charge is 2.18. The molecule has 1 rings (SSSR count). The number of H-pyrrole nitrogens is 1. The van der Waals surface area contributed by atoms with Crippen molar-refractivity contribution in [2.24, 2.45) is 0 Å². The number of carboxylic acid groups (broad SMARTS) is 1. The summed E-state index contributed by atoms with van der Waals surface area (Å²) in [5.74, 6) is -1.12. The van der Waals surface area contributed by atoms with Crippen molar-refractivity contribution >= 4 is 17.7 Å². The maximum absolute atomic E-state index is 12.0. The highest BCUT2D eigenvalue weighted by Crippen LogP contribution is 2.17. The summed E-state index contributed by atoms with van der Waals surface area (Å²) >= 11 is 0. The topological polar surface area (TPSA) is 106 Å². The largest absolute Gasteiger partial charge is 0.477 e. The summed E-state index contributed by atoms with van der Waals surface area (Å²) < 4.78 is 0. The van der Waals surface area contributed by atoms with E-state index in [2.05, 4.69) is 10.3 Å². The number of hydrogen-bond donors (Lipinski definition) is 4. The molecule has 0 saturated carbocycles. The standard InChI is InChI=1S/C12H19N3O4/c1-3-15(5-4-6-16)12(19)14-9-7-8(2)13-10(9)11(17)18/h7,13,16H,3-6H2,1-2H3,(H,14,19)(H,17,18). The summed E-state index contributed by atoms with van der Waals surface area (Å²) in [5.41, 5.74) is 0.868. The van der Waals surface area contributed by atoms with Crippen molar-refractivity contribution in [1.82, 2.24) is 9.88 Å². The van der Waals surface area contributed by atoms with Crippen LogP contribution in [0.4, 0.5) is 10.5 Å². The average Bonchev–Trinajstić information content (AvgIpc) is 2.71. The lowest BCUT2D eigenvalue weighted by Gasteiger charge is -2.20. The number of aromatic nitrogens is 1. The number of aliphatic hydroxyl groups is 1. The fourth-order valence-electron chi connectivity index (χ4n) is 1.72. The molecule has 1 aromatic heterocycles. The quantitative estimate of drug-likeness (QED) is 0.623. The number of amides is 2. The number of aliphatic hydroxyl groups excluding tert-OH is 1. The molecule has 0 spiro atoms. The molecule has 19 heavy (non-hydrogen) atoms. The Balaban J connectivity index is 2.77. The molecule has 1 aromatic rings. The molecule has 0 aliphatic heterocycles. The van der Waals surface area contributed by atoms with Crippen LogP contribution in [-0.4, -0.2) is 51.8 Å². The number of hydrogen-bond acceptors (Lipinski definition) is 3. The number of nitrogens with zero attached hydrogens (tertiary/aromatic N) is 1. The van der Waals surface area contributed by atoms with Gasteiger partial charge in [-0.05, 0) is 26.3 Å². The first kappa shape index (κ1) is 15.0. The smallest absolute Gasteiger partial charge is 0.354 e. The Labute approximate surface area is 111 Å². The molecule has 2 amide bonds.